The van der Waals surface area contributed by atoms with Crippen LogP contribution >= 0.6 is 0 Å². The molecule has 0 unspecified atom stereocenters. The second kappa shape index (κ2) is 10.3. The summed E-state index contributed by atoms with van der Waals surface area (Å²) in [4.78, 5) is 13.3. The number of hydrogen-bond donors (Lipinski definition) is 0. The fourth-order valence-electron chi connectivity index (χ4n) is 3.98. The standard InChI is InChI=1S/C25H34O/c1-5-12-20-18-24(25(26)19-16-10-9-11-17-19)23(15-8-4)22(14-7-3)21(20)13-6-2/h9-11,16-18H,5-8,12-15H2,1-4H3. The molecule has 0 amide bonds. The van der Waals surface area contributed by atoms with E-state index in [4.69, 9.17) is 0 Å². The number of hydrogen-bond acceptors (Lipinski definition) is 1. The Morgan fingerprint density at radius 3 is 1.81 bits per heavy atom. The van der Waals surface area contributed by atoms with Crippen molar-refractivity contribution in [2.75, 3.05) is 0 Å². The molecule has 2 rings (SSSR count). The first-order valence-electron chi connectivity index (χ1n) is 10.4. The Hall–Kier alpha value is -1.89. The summed E-state index contributed by atoms with van der Waals surface area (Å²) in [6.07, 6.45) is 8.74. The van der Waals surface area contributed by atoms with Crippen LogP contribution in [0.15, 0.2) is 36.4 Å². The molecule has 26 heavy (non-hydrogen) atoms. The molecule has 0 fully saturated rings. The van der Waals surface area contributed by atoms with Crippen LogP contribution in [0.5, 0.6) is 0 Å². The number of carbonyl (C=O) groups is 1. The van der Waals surface area contributed by atoms with Gasteiger partial charge in [0.15, 0.2) is 5.78 Å². The average Bonchev–Trinajstić information content (AvgIpc) is 2.66. The first kappa shape index (κ1) is 20.4. The van der Waals surface area contributed by atoms with Crippen molar-refractivity contribution in [1.29, 1.82) is 0 Å². The highest BCUT2D eigenvalue weighted by atomic mass is 16.1. The van der Waals surface area contributed by atoms with Crippen LogP contribution in [-0.4, -0.2) is 5.78 Å². The normalized spacial score (nSPS) is 10.9. The SMILES string of the molecule is CCCc1cc(C(=O)c2ccccc2)c(CCC)c(CCC)c1CCC. The fourth-order valence-corrected chi connectivity index (χ4v) is 3.98. The van der Waals surface area contributed by atoms with Crippen LogP contribution in [0.3, 0.4) is 0 Å². The number of ketones is 1. The lowest BCUT2D eigenvalue weighted by atomic mass is 9.82. The second-order valence-electron chi connectivity index (χ2n) is 7.21. The number of aryl methyl sites for hydroxylation is 1. The van der Waals surface area contributed by atoms with Gasteiger partial charge in [0.2, 0.25) is 0 Å². The zero-order chi connectivity index (χ0) is 18.9. The van der Waals surface area contributed by atoms with Crippen molar-refractivity contribution in [2.24, 2.45) is 0 Å². The third-order valence-electron chi connectivity index (χ3n) is 5.06. The molecule has 0 aliphatic carbocycles. The van der Waals surface area contributed by atoms with Crippen molar-refractivity contribution >= 4 is 5.78 Å². The Morgan fingerprint density at radius 2 is 1.23 bits per heavy atom. The summed E-state index contributed by atoms with van der Waals surface area (Å²) < 4.78 is 0. The Kier molecular flexibility index (Phi) is 8.09. The largest absolute Gasteiger partial charge is 0.289 e. The van der Waals surface area contributed by atoms with Crippen molar-refractivity contribution in [2.45, 2.75) is 79.1 Å². The molecule has 0 aliphatic heterocycles. The van der Waals surface area contributed by atoms with E-state index in [1.807, 2.05) is 30.3 Å². The zero-order valence-electron chi connectivity index (χ0n) is 17.0. The first-order valence-corrected chi connectivity index (χ1v) is 10.4. The molecule has 140 valence electrons. The molecule has 0 heterocycles. The molecule has 1 nitrogen and oxygen atoms in total. The molecular formula is C25H34O. The minimum Gasteiger partial charge on any atom is -0.289 e. The highest BCUT2D eigenvalue weighted by Gasteiger charge is 2.21. The van der Waals surface area contributed by atoms with Crippen molar-refractivity contribution in [3.8, 4) is 0 Å². The van der Waals surface area contributed by atoms with Gasteiger partial charge in [-0.15, -0.1) is 0 Å². The minimum absolute atomic E-state index is 0.187. The van der Waals surface area contributed by atoms with Gasteiger partial charge in [-0.1, -0.05) is 83.7 Å². The first-order chi connectivity index (χ1) is 12.7. The number of benzene rings is 2. The molecule has 2 aromatic carbocycles. The van der Waals surface area contributed by atoms with Crippen molar-refractivity contribution in [1.82, 2.24) is 0 Å². The Labute approximate surface area is 159 Å². The Bertz CT molecular complexity index is 713. The summed E-state index contributed by atoms with van der Waals surface area (Å²) in [7, 11) is 0. The summed E-state index contributed by atoms with van der Waals surface area (Å²) in [5.41, 5.74) is 7.47. The predicted octanol–water partition coefficient (Wildman–Crippen LogP) is 6.73. The van der Waals surface area contributed by atoms with E-state index < -0.39 is 0 Å². The molecule has 0 aromatic heterocycles. The predicted molar refractivity (Wildman–Crippen MR) is 112 cm³/mol. The lowest BCUT2D eigenvalue weighted by Gasteiger charge is -2.22. The lowest BCUT2D eigenvalue weighted by molar-refractivity contribution is 0.103. The minimum atomic E-state index is 0.187. The maximum Gasteiger partial charge on any atom is 0.193 e. The van der Waals surface area contributed by atoms with Gasteiger partial charge in [-0.25, -0.2) is 0 Å². The fraction of sp³-hybridized carbons (Fsp3) is 0.480. The zero-order valence-corrected chi connectivity index (χ0v) is 17.0. The molecular weight excluding hydrogens is 316 g/mol. The van der Waals surface area contributed by atoms with Crippen molar-refractivity contribution in [3.05, 3.63) is 69.8 Å². The van der Waals surface area contributed by atoms with E-state index in [0.29, 0.717) is 0 Å². The quantitative estimate of drug-likeness (QED) is 0.434. The molecule has 0 N–H and O–H groups in total. The van der Waals surface area contributed by atoms with E-state index in [0.717, 1.165) is 62.5 Å². The highest BCUT2D eigenvalue weighted by molar-refractivity contribution is 6.10. The number of carbonyl (C=O) groups excluding carboxylic acids is 1. The number of rotatable bonds is 10. The third-order valence-corrected chi connectivity index (χ3v) is 5.06. The van der Waals surface area contributed by atoms with E-state index in [9.17, 15) is 4.79 Å². The van der Waals surface area contributed by atoms with Gasteiger partial charge in [-0.3, -0.25) is 4.79 Å². The molecule has 0 spiro atoms. The summed E-state index contributed by atoms with van der Waals surface area (Å²) >= 11 is 0. The molecule has 0 saturated heterocycles. The molecule has 2 aromatic rings. The van der Waals surface area contributed by atoms with E-state index in [-0.39, 0.29) is 5.78 Å². The molecule has 0 bridgehead atoms. The second-order valence-corrected chi connectivity index (χ2v) is 7.21. The van der Waals surface area contributed by atoms with Gasteiger partial charge in [0, 0.05) is 11.1 Å². The average molecular weight is 351 g/mol. The maximum absolute atomic E-state index is 13.3. The van der Waals surface area contributed by atoms with E-state index >= 15 is 0 Å². The Morgan fingerprint density at radius 1 is 0.692 bits per heavy atom. The summed E-state index contributed by atoms with van der Waals surface area (Å²) in [5.74, 6) is 0.187. The van der Waals surface area contributed by atoms with Crippen molar-refractivity contribution in [3.63, 3.8) is 0 Å². The van der Waals surface area contributed by atoms with E-state index in [1.165, 1.54) is 22.3 Å². The summed E-state index contributed by atoms with van der Waals surface area (Å²) in [6, 6.07) is 12.0. The van der Waals surface area contributed by atoms with Crippen LogP contribution in [0.2, 0.25) is 0 Å². The van der Waals surface area contributed by atoms with Gasteiger partial charge in [0.25, 0.3) is 0 Å². The lowest BCUT2D eigenvalue weighted by Crippen LogP contribution is -2.13. The van der Waals surface area contributed by atoms with Gasteiger partial charge >= 0.3 is 0 Å². The van der Waals surface area contributed by atoms with Crippen molar-refractivity contribution < 1.29 is 4.79 Å². The summed E-state index contributed by atoms with van der Waals surface area (Å²) in [5, 5.41) is 0. The van der Waals surface area contributed by atoms with Crippen LogP contribution in [0.25, 0.3) is 0 Å². The third kappa shape index (κ3) is 4.63. The molecule has 1 heteroatoms. The smallest absolute Gasteiger partial charge is 0.193 e. The van der Waals surface area contributed by atoms with Crippen LogP contribution in [-0.2, 0) is 25.7 Å². The maximum atomic E-state index is 13.3. The molecule has 0 saturated carbocycles. The summed E-state index contributed by atoms with van der Waals surface area (Å²) in [6.45, 7) is 8.95. The van der Waals surface area contributed by atoms with Crippen LogP contribution < -0.4 is 0 Å². The highest BCUT2D eigenvalue weighted by Crippen LogP contribution is 2.30. The van der Waals surface area contributed by atoms with Gasteiger partial charge in [0.05, 0.1) is 0 Å². The van der Waals surface area contributed by atoms with Crippen LogP contribution in [0.1, 0.15) is 91.6 Å². The van der Waals surface area contributed by atoms with Crippen LogP contribution in [0.4, 0.5) is 0 Å². The van der Waals surface area contributed by atoms with Gasteiger partial charge in [-0.2, -0.15) is 0 Å². The van der Waals surface area contributed by atoms with E-state index in [1.54, 1.807) is 0 Å². The molecule has 0 atom stereocenters. The van der Waals surface area contributed by atoms with Crippen LogP contribution in [0, 0.1) is 0 Å². The topological polar surface area (TPSA) is 17.1 Å². The molecule has 0 radical (unpaired) electrons. The van der Waals surface area contributed by atoms with Gasteiger partial charge < -0.3 is 0 Å². The van der Waals surface area contributed by atoms with Gasteiger partial charge in [-0.05, 0) is 54.0 Å². The van der Waals surface area contributed by atoms with Gasteiger partial charge in [0.1, 0.15) is 0 Å². The van der Waals surface area contributed by atoms with E-state index in [2.05, 4.69) is 33.8 Å². The molecule has 0 aliphatic rings. The monoisotopic (exact) mass is 350 g/mol. The Balaban J connectivity index is 2.70.